The zero-order valence-corrected chi connectivity index (χ0v) is 19.3. The molecule has 0 aliphatic heterocycles. The Labute approximate surface area is 171 Å². The second-order valence-corrected chi connectivity index (χ2v) is 14.3. The number of halogens is 3. The Morgan fingerprint density at radius 3 is 1.90 bits per heavy atom. The molecule has 2 atom stereocenters. The summed E-state index contributed by atoms with van der Waals surface area (Å²) in [7, 11) is -2.44. The lowest BCUT2D eigenvalue weighted by Crippen LogP contribution is -2.48. The summed E-state index contributed by atoms with van der Waals surface area (Å²) < 4.78 is 50.1. The fourth-order valence-corrected chi connectivity index (χ4v) is 3.43. The first-order valence-electron chi connectivity index (χ1n) is 9.36. The van der Waals surface area contributed by atoms with Crippen LogP contribution in [-0.2, 0) is 15.3 Å². The predicted molar refractivity (Wildman–Crippen MR) is 108 cm³/mol. The summed E-state index contributed by atoms with van der Waals surface area (Å²) in [4.78, 5) is 12.1. The van der Waals surface area contributed by atoms with Crippen molar-refractivity contribution in [2.45, 2.75) is 83.8 Å². The van der Waals surface area contributed by atoms with Crippen LogP contribution in [-0.4, -0.2) is 31.3 Å². The van der Waals surface area contributed by atoms with Crippen LogP contribution in [0.25, 0.3) is 0 Å². The monoisotopic (exact) mass is 435 g/mol. The molecule has 0 fully saturated rings. The van der Waals surface area contributed by atoms with Crippen LogP contribution < -0.4 is 5.32 Å². The van der Waals surface area contributed by atoms with Gasteiger partial charge in [-0.15, -0.1) is 0 Å². The number of nitrogens with one attached hydrogen (secondary N) is 1. The molecule has 0 spiro atoms. The Morgan fingerprint density at radius 1 is 1.03 bits per heavy atom. The molecule has 29 heavy (non-hydrogen) atoms. The van der Waals surface area contributed by atoms with Crippen molar-refractivity contribution in [1.82, 2.24) is 5.32 Å². The third-order valence-electron chi connectivity index (χ3n) is 4.75. The van der Waals surface area contributed by atoms with Gasteiger partial charge in [0.05, 0.1) is 5.56 Å². The molecule has 1 aromatic carbocycles. The zero-order chi connectivity index (χ0) is 22.8. The van der Waals surface area contributed by atoms with E-state index in [4.69, 9.17) is 9.16 Å². The van der Waals surface area contributed by atoms with Gasteiger partial charge in [-0.1, -0.05) is 32.9 Å². The topological polar surface area (TPSA) is 67.8 Å². The SMILES string of the molecule is CC(C)(C)OC(=O)N[C@H](O)[C@H](O[Si](C)(C)C(C)(C)C)c1ccc(C(F)(F)F)cc1. The van der Waals surface area contributed by atoms with Crippen molar-refractivity contribution >= 4 is 14.4 Å². The number of benzene rings is 1. The van der Waals surface area contributed by atoms with E-state index in [0.29, 0.717) is 5.56 Å². The number of amides is 1. The van der Waals surface area contributed by atoms with Crippen LogP contribution in [0.5, 0.6) is 0 Å². The molecular formula is C20H32F3NO4Si. The predicted octanol–water partition coefficient (Wildman–Crippen LogP) is 5.61. The molecule has 0 saturated carbocycles. The molecule has 1 rings (SSSR count). The summed E-state index contributed by atoms with van der Waals surface area (Å²) >= 11 is 0. The smallest absolute Gasteiger partial charge is 0.416 e. The van der Waals surface area contributed by atoms with Gasteiger partial charge in [-0.05, 0) is 56.6 Å². The minimum absolute atomic E-state index is 0.219. The summed E-state index contributed by atoms with van der Waals surface area (Å²) in [5.74, 6) is 0. The highest BCUT2D eigenvalue weighted by atomic mass is 28.4. The molecule has 0 aliphatic rings. The zero-order valence-electron chi connectivity index (χ0n) is 18.3. The van der Waals surface area contributed by atoms with Crippen LogP contribution >= 0.6 is 0 Å². The van der Waals surface area contributed by atoms with Gasteiger partial charge in [-0.2, -0.15) is 13.2 Å². The molecule has 1 aromatic rings. The minimum Gasteiger partial charge on any atom is -0.444 e. The highest BCUT2D eigenvalue weighted by molar-refractivity contribution is 6.74. The number of ether oxygens (including phenoxy) is 1. The van der Waals surface area contributed by atoms with Crippen LogP contribution in [0, 0.1) is 0 Å². The van der Waals surface area contributed by atoms with E-state index in [-0.39, 0.29) is 5.04 Å². The molecule has 2 N–H and O–H groups in total. The van der Waals surface area contributed by atoms with Crippen molar-refractivity contribution in [3.63, 3.8) is 0 Å². The van der Waals surface area contributed by atoms with Crippen LogP contribution in [0.2, 0.25) is 18.1 Å². The molecule has 1 amide bonds. The highest BCUT2D eigenvalue weighted by Crippen LogP contribution is 2.40. The van der Waals surface area contributed by atoms with Gasteiger partial charge in [0.15, 0.2) is 14.5 Å². The lowest BCUT2D eigenvalue weighted by Gasteiger charge is -2.40. The number of hydrogen-bond donors (Lipinski definition) is 2. The van der Waals surface area contributed by atoms with Gasteiger partial charge >= 0.3 is 12.3 Å². The summed E-state index contributed by atoms with van der Waals surface area (Å²) in [5.41, 5.74) is -1.25. The Kier molecular flexibility index (Phi) is 7.59. The molecule has 0 heterocycles. The van der Waals surface area contributed by atoms with E-state index in [1.54, 1.807) is 20.8 Å². The normalized spacial score (nSPS) is 15.6. The number of alkyl halides is 3. The van der Waals surface area contributed by atoms with Crippen molar-refractivity contribution in [1.29, 1.82) is 0 Å². The minimum atomic E-state index is -4.47. The summed E-state index contributed by atoms with van der Waals surface area (Å²) in [6.07, 6.45) is -7.87. The average Bonchev–Trinajstić information content (AvgIpc) is 2.48. The molecule has 0 saturated heterocycles. The van der Waals surface area contributed by atoms with E-state index in [0.717, 1.165) is 12.1 Å². The molecule has 9 heteroatoms. The largest absolute Gasteiger partial charge is 0.444 e. The highest BCUT2D eigenvalue weighted by Gasteiger charge is 2.42. The lowest BCUT2D eigenvalue weighted by atomic mass is 10.1. The van der Waals surface area contributed by atoms with Crippen LogP contribution in [0.3, 0.4) is 0 Å². The average molecular weight is 436 g/mol. The first-order valence-corrected chi connectivity index (χ1v) is 12.3. The molecule has 0 unspecified atom stereocenters. The van der Waals surface area contributed by atoms with E-state index in [1.165, 1.54) is 12.1 Å². The first-order chi connectivity index (χ1) is 12.8. The number of rotatable bonds is 5. The Bertz CT molecular complexity index is 692. The summed E-state index contributed by atoms with van der Waals surface area (Å²) in [6, 6.07) is 4.36. The second kappa shape index (κ2) is 8.65. The summed E-state index contributed by atoms with van der Waals surface area (Å²) in [6.45, 7) is 14.9. The fraction of sp³-hybridized carbons (Fsp3) is 0.650. The third kappa shape index (κ3) is 7.64. The van der Waals surface area contributed by atoms with E-state index in [2.05, 4.69) is 5.32 Å². The Hall–Kier alpha value is -1.58. The quantitative estimate of drug-likeness (QED) is 0.466. The summed E-state index contributed by atoms with van der Waals surface area (Å²) in [5, 5.41) is 12.8. The van der Waals surface area contributed by atoms with Crippen LogP contribution in [0.4, 0.5) is 18.0 Å². The van der Waals surface area contributed by atoms with E-state index >= 15 is 0 Å². The number of aliphatic hydroxyl groups excluding tert-OH is 1. The van der Waals surface area contributed by atoms with Gasteiger partial charge in [0, 0.05) is 0 Å². The maximum Gasteiger partial charge on any atom is 0.416 e. The molecule has 0 aliphatic carbocycles. The van der Waals surface area contributed by atoms with Gasteiger partial charge < -0.3 is 14.3 Å². The molecule has 0 bridgehead atoms. The maximum atomic E-state index is 12.9. The van der Waals surface area contributed by atoms with E-state index in [9.17, 15) is 23.1 Å². The Morgan fingerprint density at radius 2 is 1.52 bits per heavy atom. The number of carbonyl (C=O) groups excluding carboxylic acids is 1. The van der Waals surface area contributed by atoms with Crippen molar-refractivity contribution in [3.05, 3.63) is 35.4 Å². The van der Waals surface area contributed by atoms with Gasteiger partial charge in [0.25, 0.3) is 0 Å². The molecule has 0 radical (unpaired) electrons. The van der Waals surface area contributed by atoms with E-state index < -0.39 is 44.1 Å². The van der Waals surface area contributed by atoms with Crippen LogP contribution in [0.15, 0.2) is 24.3 Å². The van der Waals surface area contributed by atoms with Gasteiger partial charge in [-0.3, -0.25) is 5.32 Å². The van der Waals surface area contributed by atoms with Crippen molar-refractivity contribution < 1.29 is 32.2 Å². The third-order valence-corrected chi connectivity index (χ3v) is 9.20. The van der Waals surface area contributed by atoms with Crippen LogP contribution in [0.1, 0.15) is 58.8 Å². The van der Waals surface area contributed by atoms with Crippen molar-refractivity contribution in [2.75, 3.05) is 0 Å². The molecular weight excluding hydrogens is 403 g/mol. The molecule has 166 valence electrons. The number of hydrogen-bond acceptors (Lipinski definition) is 4. The first kappa shape index (κ1) is 25.5. The number of aliphatic hydroxyl groups is 1. The number of carbonyl (C=O) groups is 1. The van der Waals surface area contributed by atoms with Crippen molar-refractivity contribution in [2.24, 2.45) is 0 Å². The number of alkyl carbamates (subject to hydrolysis) is 1. The molecule has 5 nitrogen and oxygen atoms in total. The molecule has 0 aromatic heterocycles. The van der Waals surface area contributed by atoms with Crippen molar-refractivity contribution in [3.8, 4) is 0 Å². The second-order valence-electron chi connectivity index (χ2n) is 9.51. The van der Waals surface area contributed by atoms with Gasteiger partial charge in [-0.25, -0.2) is 4.79 Å². The Balaban J connectivity index is 3.20. The maximum absolute atomic E-state index is 12.9. The lowest BCUT2D eigenvalue weighted by molar-refractivity contribution is -0.137. The fourth-order valence-electron chi connectivity index (χ4n) is 2.17. The van der Waals surface area contributed by atoms with Gasteiger partial charge in [0.2, 0.25) is 0 Å². The van der Waals surface area contributed by atoms with Gasteiger partial charge in [0.1, 0.15) is 11.7 Å². The van der Waals surface area contributed by atoms with E-state index in [1.807, 2.05) is 33.9 Å². The standard InChI is InChI=1S/C20H32F3NO4Si/c1-18(2,3)27-17(26)24-16(25)15(28-29(7,8)19(4,5)6)13-9-11-14(12-10-13)20(21,22)23/h9-12,15-16,25H,1-8H3,(H,24,26)/t15-,16-/m1/s1.